The van der Waals surface area contributed by atoms with Crippen molar-refractivity contribution in [3.8, 4) is 0 Å². The van der Waals surface area contributed by atoms with E-state index in [2.05, 4.69) is 6.58 Å². The zero-order valence-electron chi connectivity index (χ0n) is 7.64. The van der Waals surface area contributed by atoms with Gasteiger partial charge >= 0.3 is 0 Å². The number of hydrogen-bond acceptors (Lipinski definition) is 0. The number of halogens is 3. The van der Waals surface area contributed by atoms with Gasteiger partial charge in [0.2, 0.25) is 0 Å². The number of allylic oxidation sites excluding steroid dienone is 1. The molecule has 1 aromatic rings. The predicted octanol–water partition coefficient (Wildman–Crippen LogP) is 4.09. The Kier molecular flexibility index (Phi) is 3.64. The van der Waals surface area contributed by atoms with Crippen LogP contribution in [0.1, 0.15) is 12.0 Å². The Balaban J connectivity index is 2.72. The summed E-state index contributed by atoms with van der Waals surface area (Å²) in [6.45, 7) is 3.30. The minimum absolute atomic E-state index is 0.292. The third kappa shape index (κ3) is 3.46. The molecule has 14 heavy (non-hydrogen) atoms. The first-order chi connectivity index (χ1) is 6.53. The smallest absolute Gasteiger partial charge is 0.206 e. The van der Waals surface area contributed by atoms with E-state index in [9.17, 15) is 8.78 Å². The normalized spacial score (nSPS) is 11.4. The first-order valence-electron chi connectivity index (χ1n) is 4.27. The number of benzene rings is 1. The lowest BCUT2D eigenvalue weighted by atomic mass is 10.1. The van der Waals surface area contributed by atoms with Crippen LogP contribution in [0, 0.1) is 0 Å². The first kappa shape index (κ1) is 11.2. The zero-order valence-corrected chi connectivity index (χ0v) is 8.40. The summed E-state index contributed by atoms with van der Waals surface area (Å²) in [7, 11) is 0. The molecule has 0 radical (unpaired) electrons. The van der Waals surface area contributed by atoms with Gasteiger partial charge in [-0.1, -0.05) is 29.8 Å². The van der Waals surface area contributed by atoms with E-state index in [-0.39, 0.29) is 12.8 Å². The van der Waals surface area contributed by atoms with Crippen molar-refractivity contribution in [3.05, 3.63) is 47.5 Å². The highest BCUT2D eigenvalue weighted by molar-refractivity contribution is 6.30. The molecule has 0 spiro atoms. The second-order valence-corrected chi connectivity index (χ2v) is 3.59. The van der Waals surface area contributed by atoms with E-state index >= 15 is 0 Å². The maximum Gasteiger partial charge on any atom is 0.255 e. The summed E-state index contributed by atoms with van der Waals surface area (Å²) in [6, 6.07) is 6.53. The van der Waals surface area contributed by atoms with Crippen molar-refractivity contribution in [2.75, 3.05) is 0 Å². The van der Waals surface area contributed by atoms with Crippen molar-refractivity contribution in [1.29, 1.82) is 0 Å². The molecular formula is C11H11ClF2. The Morgan fingerprint density at radius 2 is 2.14 bits per heavy atom. The largest absolute Gasteiger partial charge is 0.255 e. The molecule has 1 aromatic carbocycles. The van der Waals surface area contributed by atoms with Gasteiger partial charge in [0.1, 0.15) is 0 Å². The summed E-state index contributed by atoms with van der Waals surface area (Å²) in [5, 5.41) is 0.483. The van der Waals surface area contributed by atoms with Crippen molar-refractivity contribution in [2.24, 2.45) is 0 Å². The molecular weight excluding hydrogens is 206 g/mol. The molecule has 0 heterocycles. The second kappa shape index (κ2) is 4.56. The zero-order chi connectivity index (χ0) is 10.6. The molecule has 0 N–H and O–H groups in total. The van der Waals surface area contributed by atoms with Gasteiger partial charge in [0.05, 0.1) is 0 Å². The van der Waals surface area contributed by atoms with Gasteiger partial charge in [0, 0.05) is 17.9 Å². The fourth-order valence-corrected chi connectivity index (χ4v) is 1.44. The molecule has 76 valence electrons. The molecule has 0 unspecified atom stereocenters. The van der Waals surface area contributed by atoms with Gasteiger partial charge < -0.3 is 0 Å². The standard InChI is InChI=1S/C11H11ClF2/c1-2-6-11(13,14)8-9-4-3-5-10(12)7-9/h2-5,7H,1,6,8H2. The molecule has 0 fully saturated rings. The van der Waals surface area contributed by atoms with Crippen LogP contribution in [0.3, 0.4) is 0 Å². The molecule has 0 aromatic heterocycles. The molecule has 0 saturated carbocycles. The van der Waals surface area contributed by atoms with Crippen LogP contribution in [-0.4, -0.2) is 5.92 Å². The molecule has 0 atom stereocenters. The summed E-state index contributed by atoms with van der Waals surface area (Å²) in [5.41, 5.74) is 0.546. The molecule has 3 heteroatoms. The SMILES string of the molecule is C=CCC(F)(F)Cc1cccc(Cl)c1. The molecule has 0 nitrogen and oxygen atoms in total. The molecule has 0 amide bonds. The molecule has 0 aliphatic rings. The average molecular weight is 217 g/mol. The number of alkyl halides is 2. The third-order valence-electron chi connectivity index (χ3n) is 1.79. The Bertz CT molecular complexity index is 321. The molecule has 1 rings (SSSR count). The van der Waals surface area contributed by atoms with Crippen LogP contribution in [0.4, 0.5) is 8.78 Å². The monoisotopic (exact) mass is 216 g/mol. The molecule has 0 aliphatic heterocycles. The Hall–Kier alpha value is -0.890. The molecule has 0 aliphatic carbocycles. The topological polar surface area (TPSA) is 0 Å². The van der Waals surface area contributed by atoms with E-state index in [0.29, 0.717) is 10.6 Å². The van der Waals surface area contributed by atoms with Crippen molar-refractivity contribution in [3.63, 3.8) is 0 Å². The first-order valence-corrected chi connectivity index (χ1v) is 4.64. The maximum atomic E-state index is 13.1. The van der Waals surface area contributed by atoms with Crippen LogP contribution < -0.4 is 0 Å². The van der Waals surface area contributed by atoms with Crippen LogP contribution in [-0.2, 0) is 6.42 Å². The fraction of sp³-hybridized carbons (Fsp3) is 0.273. The lowest BCUT2D eigenvalue weighted by molar-refractivity contribution is 0.00500. The van der Waals surface area contributed by atoms with E-state index in [0.717, 1.165) is 0 Å². The van der Waals surface area contributed by atoms with Crippen LogP contribution in [0.5, 0.6) is 0 Å². The summed E-state index contributed by atoms with van der Waals surface area (Å²) in [5.74, 6) is -2.73. The van der Waals surface area contributed by atoms with E-state index in [1.54, 1.807) is 24.3 Å². The van der Waals surface area contributed by atoms with Gasteiger partial charge in [-0.05, 0) is 17.7 Å². The fourth-order valence-electron chi connectivity index (χ4n) is 1.23. The molecule has 0 saturated heterocycles. The Morgan fingerprint density at radius 1 is 1.43 bits per heavy atom. The maximum absolute atomic E-state index is 13.1. The Morgan fingerprint density at radius 3 is 2.71 bits per heavy atom. The van der Waals surface area contributed by atoms with Crippen molar-refractivity contribution < 1.29 is 8.78 Å². The average Bonchev–Trinajstić information content (AvgIpc) is 2.02. The predicted molar refractivity (Wildman–Crippen MR) is 54.9 cm³/mol. The summed E-state index contributed by atoms with van der Waals surface area (Å²) >= 11 is 5.69. The van der Waals surface area contributed by atoms with Crippen LogP contribution in [0.15, 0.2) is 36.9 Å². The van der Waals surface area contributed by atoms with E-state index in [4.69, 9.17) is 11.6 Å². The highest BCUT2D eigenvalue weighted by Gasteiger charge is 2.27. The molecule has 0 bridgehead atoms. The van der Waals surface area contributed by atoms with Gasteiger partial charge in [0.25, 0.3) is 5.92 Å². The summed E-state index contributed by atoms with van der Waals surface area (Å²) in [6.07, 6.45) is 0.629. The van der Waals surface area contributed by atoms with Gasteiger partial charge in [-0.25, -0.2) is 8.78 Å². The van der Waals surface area contributed by atoms with Crippen molar-refractivity contribution in [1.82, 2.24) is 0 Å². The van der Waals surface area contributed by atoms with Crippen molar-refractivity contribution in [2.45, 2.75) is 18.8 Å². The van der Waals surface area contributed by atoms with E-state index in [1.165, 1.54) is 6.08 Å². The van der Waals surface area contributed by atoms with Crippen LogP contribution in [0.2, 0.25) is 5.02 Å². The van der Waals surface area contributed by atoms with E-state index in [1.807, 2.05) is 0 Å². The minimum Gasteiger partial charge on any atom is -0.206 e. The lowest BCUT2D eigenvalue weighted by Gasteiger charge is -2.13. The highest BCUT2D eigenvalue weighted by atomic mass is 35.5. The van der Waals surface area contributed by atoms with Crippen LogP contribution >= 0.6 is 11.6 Å². The minimum atomic E-state index is -2.73. The Labute approximate surface area is 87.2 Å². The third-order valence-corrected chi connectivity index (χ3v) is 2.03. The van der Waals surface area contributed by atoms with Crippen LogP contribution in [0.25, 0.3) is 0 Å². The van der Waals surface area contributed by atoms with Gasteiger partial charge in [-0.15, -0.1) is 6.58 Å². The summed E-state index contributed by atoms with van der Waals surface area (Å²) in [4.78, 5) is 0. The van der Waals surface area contributed by atoms with Crippen molar-refractivity contribution >= 4 is 11.6 Å². The summed E-state index contributed by atoms with van der Waals surface area (Å²) < 4.78 is 26.3. The van der Waals surface area contributed by atoms with E-state index < -0.39 is 5.92 Å². The number of rotatable bonds is 4. The van der Waals surface area contributed by atoms with Gasteiger partial charge in [-0.3, -0.25) is 0 Å². The van der Waals surface area contributed by atoms with Gasteiger partial charge in [0.15, 0.2) is 0 Å². The second-order valence-electron chi connectivity index (χ2n) is 3.16. The highest BCUT2D eigenvalue weighted by Crippen LogP contribution is 2.25. The quantitative estimate of drug-likeness (QED) is 0.665. The lowest BCUT2D eigenvalue weighted by Crippen LogP contribution is -2.18. The number of hydrogen-bond donors (Lipinski definition) is 0. The van der Waals surface area contributed by atoms with Gasteiger partial charge in [-0.2, -0.15) is 0 Å².